The Labute approximate surface area is 143 Å². The van der Waals surface area contributed by atoms with E-state index in [0.717, 1.165) is 24.8 Å². The third kappa shape index (κ3) is 1.89. The monoisotopic (exact) mass is 330 g/mol. The second kappa shape index (κ2) is 5.04. The van der Waals surface area contributed by atoms with Crippen molar-refractivity contribution in [2.45, 2.75) is 52.1 Å². The summed E-state index contributed by atoms with van der Waals surface area (Å²) in [6.45, 7) is 4.19. The minimum Gasteiger partial charge on any atom is -0.493 e. The number of methoxy groups -OCH3 is 1. The first-order valence-corrected chi connectivity index (χ1v) is 9.05. The lowest BCUT2D eigenvalue weighted by Gasteiger charge is -2.57. The van der Waals surface area contributed by atoms with Gasteiger partial charge in [0.2, 0.25) is 5.78 Å². The number of carbonyl (C=O) groups excluding carboxylic acids is 2. The third-order valence-corrected chi connectivity index (χ3v) is 7.49. The lowest BCUT2D eigenvalue weighted by molar-refractivity contribution is -0.142. The molecule has 0 amide bonds. The van der Waals surface area contributed by atoms with Gasteiger partial charge in [-0.05, 0) is 49.7 Å². The van der Waals surface area contributed by atoms with E-state index in [-0.39, 0.29) is 22.5 Å². The van der Waals surface area contributed by atoms with E-state index in [0.29, 0.717) is 36.2 Å². The smallest absolute Gasteiger partial charge is 0.220 e. The SMILES string of the molecule is COC1=C[C@@]2(C)C(=CC1=O)CC[C@@H]1[C@@H]2[C@@H](O)C[C@]2(C)C(=O)CC[C@@H]12. The number of Topliss-reactive ketones (excluding diaryl/α,β-unsaturated/α-hetero) is 1. The molecule has 6 atom stereocenters. The summed E-state index contributed by atoms with van der Waals surface area (Å²) in [6, 6.07) is 0. The van der Waals surface area contributed by atoms with E-state index in [2.05, 4.69) is 13.8 Å². The molecular weight excluding hydrogens is 304 g/mol. The number of rotatable bonds is 1. The molecule has 24 heavy (non-hydrogen) atoms. The van der Waals surface area contributed by atoms with Crippen LogP contribution in [0.1, 0.15) is 46.0 Å². The number of ketones is 2. The number of hydrogen-bond donors (Lipinski definition) is 1. The number of fused-ring (bicyclic) bond motifs is 5. The Morgan fingerprint density at radius 2 is 1.96 bits per heavy atom. The summed E-state index contributed by atoms with van der Waals surface area (Å²) in [6.07, 6.45) is 7.09. The number of aliphatic hydroxyl groups is 1. The summed E-state index contributed by atoms with van der Waals surface area (Å²) < 4.78 is 5.29. The van der Waals surface area contributed by atoms with Gasteiger partial charge in [-0.25, -0.2) is 0 Å². The third-order valence-electron chi connectivity index (χ3n) is 7.49. The lowest BCUT2D eigenvalue weighted by Crippen LogP contribution is -2.56. The van der Waals surface area contributed by atoms with E-state index in [4.69, 9.17) is 4.74 Å². The number of aliphatic hydroxyl groups excluding tert-OH is 1. The van der Waals surface area contributed by atoms with Crippen molar-refractivity contribution >= 4 is 11.6 Å². The molecule has 130 valence electrons. The summed E-state index contributed by atoms with van der Waals surface area (Å²) in [5, 5.41) is 11.0. The maximum Gasteiger partial charge on any atom is 0.220 e. The minimum atomic E-state index is -0.519. The second-order valence-electron chi connectivity index (χ2n) is 8.51. The van der Waals surface area contributed by atoms with Crippen molar-refractivity contribution in [3.63, 3.8) is 0 Å². The Bertz CT molecular complexity index is 675. The average Bonchev–Trinajstić information content (AvgIpc) is 2.82. The van der Waals surface area contributed by atoms with Gasteiger partial charge in [0.25, 0.3) is 0 Å². The van der Waals surface area contributed by atoms with Crippen LogP contribution in [0.5, 0.6) is 0 Å². The van der Waals surface area contributed by atoms with Crippen LogP contribution < -0.4 is 0 Å². The van der Waals surface area contributed by atoms with E-state index >= 15 is 0 Å². The molecule has 0 unspecified atom stereocenters. The van der Waals surface area contributed by atoms with Crippen molar-refractivity contribution in [1.29, 1.82) is 0 Å². The fourth-order valence-electron chi connectivity index (χ4n) is 6.33. The van der Waals surface area contributed by atoms with Crippen LogP contribution in [0, 0.1) is 28.6 Å². The van der Waals surface area contributed by atoms with Crippen molar-refractivity contribution in [3.05, 3.63) is 23.5 Å². The minimum absolute atomic E-state index is 0.0553. The maximum atomic E-state index is 12.5. The average molecular weight is 330 g/mol. The largest absolute Gasteiger partial charge is 0.493 e. The van der Waals surface area contributed by atoms with Crippen molar-refractivity contribution in [2.75, 3.05) is 7.11 Å². The summed E-state index contributed by atoms with van der Waals surface area (Å²) in [7, 11) is 1.52. The Morgan fingerprint density at radius 3 is 2.67 bits per heavy atom. The summed E-state index contributed by atoms with van der Waals surface area (Å²) in [5.74, 6) is 1.37. The normalized spacial score (nSPS) is 47.3. The quantitative estimate of drug-likeness (QED) is 0.803. The van der Waals surface area contributed by atoms with Gasteiger partial charge in [0.15, 0.2) is 5.76 Å². The molecule has 4 aliphatic rings. The van der Waals surface area contributed by atoms with Crippen LogP contribution >= 0.6 is 0 Å². The Morgan fingerprint density at radius 1 is 1.21 bits per heavy atom. The topological polar surface area (TPSA) is 63.6 Å². The fourth-order valence-corrected chi connectivity index (χ4v) is 6.33. The van der Waals surface area contributed by atoms with Crippen LogP contribution in [0.25, 0.3) is 0 Å². The summed E-state index contributed by atoms with van der Waals surface area (Å²) in [4.78, 5) is 24.6. The van der Waals surface area contributed by atoms with Gasteiger partial charge in [0, 0.05) is 23.2 Å². The molecule has 0 radical (unpaired) electrons. The van der Waals surface area contributed by atoms with E-state index in [1.54, 1.807) is 6.08 Å². The number of allylic oxidation sites excluding steroid dienone is 3. The van der Waals surface area contributed by atoms with E-state index in [1.807, 2.05) is 6.08 Å². The standard InChI is InChI=1S/C20H26O4/c1-19-10-16(24-3)14(21)8-11(19)4-5-12-13-6-7-17(23)20(13,2)9-15(22)18(12)19/h8,10,12-13,15,18,22H,4-7,9H2,1-3H3/t12-,13-,15-,18+,19-,20-/m0/s1. The van der Waals surface area contributed by atoms with Gasteiger partial charge in [-0.1, -0.05) is 19.4 Å². The molecule has 0 aliphatic heterocycles. The Kier molecular flexibility index (Phi) is 3.38. The number of ether oxygens (including phenoxy) is 1. The molecule has 4 aliphatic carbocycles. The Balaban J connectivity index is 1.78. The van der Waals surface area contributed by atoms with Gasteiger partial charge in [-0.3, -0.25) is 9.59 Å². The molecule has 0 spiro atoms. The first kappa shape index (κ1) is 16.1. The molecular formula is C20H26O4. The first-order chi connectivity index (χ1) is 11.3. The van der Waals surface area contributed by atoms with Gasteiger partial charge >= 0.3 is 0 Å². The van der Waals surface area contributed by atoms with Gasteiger partial charge in [0.1, 0.15) is 5.78 Å². The van der Waals surface area contributed by atoms with Gasteiger partial charge in [-0.15, -0.1) is 0 Å². The van der Waals surface area contributed by atoms with Crippen LogP contribution in [-0.4, -0.2) is 29.9 Å². The highest BCUT2D eigenvalue weighted by Crippen LogP contribution is 2.63. The molecule has 1 N–H and O–H groups in total. The maximum absolute atomic E-state index is 12.5. The highest BCUT2D eigenvalue weighted by atomic mass is 16.5. The van der Waals surface area contributed by atoms with Crippen molar-refractivity contribution in [3.8, 4) is 0 Å². The molecule has 3 fully saturated rings. The molecule has 0 aromatic rings. The van der Waals surface area contributed by atoms with Crippen LogP contribution in [0.3, 0.4) is 0 Å². The molecule has 0 aromatic carbocycles. The zero-order valence-corrected chi connectivity index (χ0v) is 14.7. The summed E-state index contributed by atoms with van der Waals surface area (Å²) in [5.41, 5.74) is 0.395. The lowest BCUT2D eigenvalue weighted by atomic mass is 9.47. The number of hydrogen-bond acceptors (Lipinski definition) is 4. The van der Waals surface area contributed by atoms with Crippen molar-refractivity contribution in [1.82, 2.24) is 0 Å². The fraction of sp³-hybridized carbons (Fsp3) is 0.700. The zero-order valence-electron chi connectivity index (χ0n) is 14.7. The highest BCUT2D eigenvalue weighted by molar-refractivity contribution is 6.04. The molecule has 0 heterocycles. The predicted molar refractivity (Wildman–Crippen MR) is 89.0 cm³/mol. The van der Waals surface area contributed by atoms with E-state index < -0.39 is 6.10 Å². The summed E-state index contributed by atoms with van der Waals surface area (Å²) >= 11 is 0. The van der Waals surface area contributed by atoms with Gasteiger partial charge < -0.3 is 9.84 Å². The van der Waals surface area contributed by atoms with E-state index in [1.165, 1.54) is 7.11 Å². The molecule has 3 saturated carbocycles. The van der Waals surface area contributed by atoms with Crippen molar-refractivity contribution < 1.29 is 19.4 Å². The first-order valence-electron chi connectivity index (χ1n) is 9.05. The van der Waals surface area contributed by atoms with E-state index in [9.17, 15) is 14.7 Å². The highest BCUT2D eigenvalue weighted by Gasteiger charge is 2.61. The van der Waals surface area contributed by atoms with Crippen LogP contribution in [0.4, 0.5) is 0 Å². The second-order valence-corrected chi connectivity index (χ2v) is 8.51. The van der Waals surface area contributed by atoms with Crippen LogP contribution in [0.15, 0.2) is 23.5 Å². The van der Waals surface area contributed by atoms with Gasteiger partial charge in [-0.2, -0.15) is 0 Å². The Hall–Kier alpha value is -1.42. The molecule has 4 heteroatoms. The van der Waals surface area contributed by atoms with Gasteiger partial charge in [0.05, 0.1) is 13.2 Å². The molecule has 4 rings (SSSR count). The molecule has 4 nitrogen and oxygen atoms in total. The van der Waals surface area contributed by atoms with Crippen LogP contribution in [-0.2, 0) is 14.3 Å². The predicted octanol–water partition coefficient (Wildman–Crippen LogP) is 2.81. The zero-order chi connectivity index (χ0) is 17.3. The van der Waals surface area contributed by atoms with Crippen LogP contribution in [0.2, 0.25) is 0 Å². The number of carbonyl (C=O) groups is 2. The molecule has 0 saturated heterocycles. The molecule has 0 aromatic heterocycles. The molecule has 0 bridgehead atoms. The van der Waals surface area contributed by atoms with Crippen molar-refractivity contribution in [2.24, 2.45) is 28.6 Å².